The smallest absolute Gasteiger partial charge is 0.106 e. The summed E-state index contributed by atoms with van der Waals surface area (Å²) in [6.07, 6.45) is 2.83. The summed E-state index contributed by atoms with van der Waals surface area (Å²) in [4.78, 5) is 0. The molecule has 0 spiro atoms. The number of rotatable bonds is 4. The largest absolute Gasteiger partial charge is 0.372 e. The Hall–Kier alpha value is -0.280. The summed E-state index contributed by atoms with van der Waals surface area (Å²) < 4.78 is 5.56. The van der Waals surface area contributed by atoms with Crippen molar-refractivity contribution in [1.29, 1.82) is 0 Å². The maximum atomic E-state index is 5.95. The van der Waals surface area contributed by atoms with Crippen LogP contribution in [0.1, 0.15) is 18.4 Å². The van der Waals surface area contributed by atoms with Crippen LogP contribution in [0, 0.1) is 0 Å². The average Bonchev–Trinajstić information content (AvgIpc) is 2.76. The fraction of sp³-hybridized carbons (Fsp3) is 0.500. The van der Waals surface area contributed by atoms with E-state index < -0.39 is 0 Å². The normalized spacial score (nSPS) is 20.2. The van der Waals surface area contributed by atoms with Crippen LogP contribution in [-0.4, -0.2) is 19.3 Å². The minimum atomic E-state index is 0.433. The molecule has 2 N–H and O–H groups in total. The second-order valence-electron chi connectivity index (χ2n) is 4.11. The fourth-order valence-electron chi connectivity index (χ4n) is 1.93. The molecule has 1 heterocycles. The molecule has 4 heteroatoms. The zero-order chi connectivity index (χ0) is 11.4. The van der Waals surface area contributed by atoms with Crippen LogP contribution >= 0.6 is 23.2 Å². The van der Waals surface area contributed by atoms with Gasteiger partial charge in [-0.2, -0.15) is 0 Å². The first-order valence-electron chi connectivity index (χ1n) is 5.63. The number of quaternary nitrogens is 1. The van der Waals surface area contributed by atoms with Gasteiger partial charge in [-0.25, -0.2) is 0 Å². The van der Waals surface area contributed by atoms with E-state index in [1.54, 1.807) is 0 Å². The van der Waals surface area contributed by atoms with Crippen molar-refractivity contribution in [1.82, 2.24) is 0 Å². The zero-order valence-electron chi connectivity index (χ0n) is 9.09. The Balaban J connectivity index is 1.78. The predicted octanol–water partition coefficient (Wildman–Crippen LogP) is 2.24. The van der Waals surface area contributed by atoms with Gasteiger partial charge in [0, 0.05) is 12.2 Å². The molecular formula is C12H16Cl2NO+. The molecule has 1 aliphatic heterocycles. The minimum absolute atomic E-state index is 0.433. The molecule has 0 radical (unpaired) electrons. The monoisotopic (exact) mass is 260 g/mol. The molecule has 0 amide bonds. The quantitative estimate of drug-likeness (QED) is 0.883. The van der Waals surface area contributed by atoms with E-state index in [1.165, 1.54) is 18.4 Å². The van der Waals surface area contributed by atoms with Gasteiger partial charge in [0.25, 0.3) is 0 Å². The molecule has 0 bridgehead atoms. The molecule has 1 aromatic carbocycles. The van der Waals surface area contributed by atoms with Crippen LogP contribution in [0.3, 0.4) is 0 Å². The molecule has 1 saturated heterocycles. The molecule has 0 aromatic heterocycles. The van der Waals surface area contributed by atoms with Gasteiger partial charge in [-0.1, -0.05) is 29.3 Å². The Labute approximate surface area is 106 Å². The van der Waals surface area contributed by atoms with Gasteiger partial charge in [-0.05, 0) is 25.0 Å². The lowest BCUT2D eigenvalue weighted by atomic mass is 10.2. The van der Waals surface area contributed by atoms with E-state index in [4.69, 9.17) is 27.9 Å². The maximum absolute atomic E-state index is 5.95. The highest BCUT2D eigenvalue weighted by atomic mass is 35.5. The first-order chi connectivity index (χ1) is 7.75. The van der Waals surface area contributed by atoms with Crippen LogP contribution in [0.4, 0.5) is 0 Å². The lowest BCUT2D eigenvalue weighted by molar-refractivity contribution is -0.676. The molecule has 1 fully saturated rings. The molecule has 88 valence electrons. The van der Waals surface area contributed by atoms with Crippen molar-refractivity contribution in [2.75, 3.05) is 13.2 Å². The van der Waals surface area contributed by atoms with E-state index in [2.05, 4.69) is 5.32 Å². The fourth-order valence-corrected chi connectivity index (χ4v) is 2.25. The molecular weight excluding hydrogens is 245 g/mol. The standard InChI is InChI=1S/C12H15Cl2NO/c13-11-4-3-9(6-12(11)14)7-15-8-10-2-1-5-16-10/h3-4,6,10,15H,1-2,5,7-8H2/p+1/t10-/m0/s1. The van der Waals surface area contributed by atoms with Crippen LogP contribution in [0.2, 0.25) is 10.0 Å². The zero-order valence-corrected chi connectivity index (χ0v) is 10.6. The first kappa shape index (κ1) is 12.2. The van der Waals surface area contributed by atoms with Crippen LogP contribution in [0.5, 0.6) is 0 Å². The van der Waals surface area contributed by atoms with Crippen LogP contribution in [-0.2, 0) is 11.3 Å². The van der Waals surface area contributed by atoms with Crippen molar-refractivity contribution in [3.63, 3.8) is 0 Å². The van der Waals surface area contributed by atoms with Crippen molar-refractivity contribution >= 4 is 23.2 Å². The third-order valence-electron chi connectivity index (χ3n) is 2.82. The van der Waals surface area contributed by atoms with Crippen molar-refractivity contribution in [3.8, 4) is 0 Å². The molecule has 16 heavy (non-hydrogen) atoms. The number of halogens is 2. The molecule has 0 unspecified atom stereocenters. The van der Waals surface area contributed by atoms with E-state index in [9.17, 15) is 0 Å². The Morgan fingerprint density at radius 3 is 2.88 bits per heavy atom. The Kier molecular flexibility index (Phi) is 4.47. The summed E-state index contributed by atoms with van der Waals surface area (Å²) in [5.41, 5.74) is 1.20. The van der Waals surface area contributed by atoms with Gasteiger partial charge in [0.15, 0.2) is 0 Å². The van der Waals surface area contributed by atoms with Crippen molar-refractivity contribution in [3.05, 3.63) is 33.8 Å². The van der Waals surface area contributed by atoms with Gasteiger partial charge in [0.1, 0.15) is 19.2 Å². The third-order valence-corrected chi connectivity index (χ3v) is 3.56. The van der Waals surface area contributed by atoms with Crippen molar-refractivity contribution < 1.29 is 10.1 Å². The van der Waals surface area contributed by atoms with Gasteiger partial charge >= 0.3 is 0 Å². The van der Waals surface area contributed by atoms with E-state index in [0.29, 0.717) is 16.1 Å². The van der Waals surface area contributed by atoms with Crippen LogP contribution in [0.25, 0.3) is 0 Å². The Morgan fingerprint density at radius 1 is 1.31 bits per heavy atom. The summed E-state index contributed by atoms with van der Waals surface area (Å²) in [7, 11) is 0. The van der Waals surface area contributed by atoms with Crippen LogP contribution < -0.4 is 5.32 Å². The molecule has 1 atom stereocenters. The molecule has 0 saturated carbocycles. The summed E-state index contributed by atoms with van der Waals surface area (Å²) in [5, 5.41) is 3.50. The molecule has 1 aliphatic rings. The van der Waals surface area contributed by atoms with E-state index in [0.717, 1.165) is 19.7 Å². The topological polar surface area (TPSA) is 25.8 Å². The number of ether oxygens (including phenoxy) is 1. The summed E-state index contributed by atoms with van der Waals surface area (Å²) in [6, 6.07) is 5.79. The Bertz CT molecular complexity index is 351. The number of hydrogen-bond acceptors (Lipinski definition) is 1. The third kappa shape index (κ3) is 3.36. The Morgan fingerprint density at radius 2 is 2.19 bits per heavy atom. The van der Waals surface area contributed by atoms with Gasteiger partial charge in [0.05, 0.1) is 10.0 Å². The van der Waals surface area contributed by atoms with E-state index in [1.807, 2.05) is 18.2 Å². The number of benzene rings is 1. The molecule has 2 nitrogen and oxygen atoms in total. The van der Waals surface area contributed by atoms with Gasteiger partial charge < -0.3 is 10.1 Å². The molecule has 1 aromatic rings. The minimum Gasteiger partial charge on any atom is -0.372 e. The highest BCUT2D eigenvalue weighted by Gasteiger charge is 2.16. The van der Waals surface area contributed by atoms with Crippen molar-refractivity contribution in [2.45, 2.75) is 25.5 Å². The summed E-state index contributed by atoms with van der Waals surface area (Å²) >= 11 is 11.8. The van der Waals surface area contributed by atoms with Crippen molar-refractivity contribution in [2.24, 2.45) is 0 Å². The molecule has 2 rings (SSSR count). The summed E-state index contributed by atoms with van der Waals surface area (Å²) in [6.45, 7) is 2.88. The highest BCUT2D eigenvalue weighted by molar-refractivity contribution is 6.41. The SMILES string of the molecule is Clc1ccc(C[NH2+]C[C@@H]2CCCO2)cc1Cl. The second-order valence-corrected chi connectivity index (χ2v) is 4.93. The molecule has 0 aliphatic carbocycles. The van der Waals surface area contributed by atoms with Gasteiger partial charge in [-0.15, -0.1) is 0 Å². The van der Waals surface area contributed by atoms with Crippen LogP contribution in [0.15, 0.2) is 18.2 Å². The predicted molar refractivity (Wildman–Crippen MR) is 65.9 cm³/mol. The van der Waals surface area contributed by atoms with Gasteiger partial charge in [-0.3, -0.25) is 0 Å². The number of nitrogens with two attached hydrogens (primary N) is 1. The van der Waals surface area contributed by atoms with Gasteiger partial charge in [0.2, 0.25) is 0 Å². The highest BCUT2D eigenvalue weighted by Crippen LogP contribution is 2.22. The van der Waals surface area contributed by atoms with E-state index in [-0.39, 0.29) is 0 Å². The second kappa shape index (κ2) is 5.87. The summed E-state index contributed by atoms with van der Waals surface area (Å²) in [5.74, 6) is 0. The van der Waals surface area contributed by atoms with E-state index >= 15 is 0 Å². The maximum Gasteiger partial charge on any atom is 0.106 e. The lowest BCUT2D eigenvalue weighted by Gasteiger charge is -2.08. The lowest BCUT2D eigenvalue weighted by Crippen LogP contribution is -2.84. The first-order valence-corrected chi connectivity index (χ1v) is 6.38. The average molecular weight is 261 g/mol. The number of hydrogen-bond donors (Lipinski definition) is 1.